The molecule has 10 heteroatoms. The number of thiophene rings is 1. The van der Waals surface area contributed by atoms with E-state index >= 15 is 0 Å². The summed E-state index contributed by atoms with van der Waals surface area (Å²) in [6.07, 6.45) is 9.35. The Morgan fingerprint density at radius 2 is 2.19 bits per heavy atom. The first kappa shape index (κ1) is 23.9. The number of nitrogens with one attached hydrogen (secondary N) is 2. The van der Waals surface area contributed by atoms with Crippen LogP contribution in [0.5, 0.6) is 0 Å². The van der Waals surface area contributed by atoms with Crippen LogP contribution in [-0.4, -0.2) is 63.7 Å². The van der Waals surface area contributed by atoms with E-state index in [1.807, 2.05) is 33.7 Å². The van der Waals surface area contributed by atoms with Crippen LogP contribution in [0.1, 0.15) is 53.8 Å². The van der Waals surface area contributed by atoms with Crippen molar-refractivity contribution in [1.29, 1.82) is 0 Å². The fourth-order valence-corrected chi connectivity index (χ4v) is 5.93. The average molecular weight is 519 g/mol. The molecule has 6 rings (SSSR count). The quantitative estimate of drug-likeness (QED) is 0.489. The largest absolute Gasteiger partial charge is 0.383 e. The highest BCUT2D eigenvalue weighted by molar-refractivity contribution is 7.17. The van der Waals surface area contributed by atoms with E-state index in [0.29, 0.717) is 35.3 Å². The summed E-state index contributed by atoms with van der Waals surface area (Å²) in [5.41, 5.74) is 3.74. The van der Waals surface area contributed by atoms with Crippen LogP contribution in [-0.2, 0) is 9.53 Å². The number of hydrogen-bond acceptors (Lipinski definition) is 7. The van der Waals surface area contributed by atoms with Crippen molar-refractivity contribution >= 4 is 40.7 Å². The van der Waals surface area contributed by atoms with Crippen LogP contribution in [0.25, 0.3) is 22.3 Å². The molecule has 192 valence electrons. The lowest BCUT2D eigenvalue weighted by atomic mass is 10.0. The van der Waals surface area contributed by atoms with E-state index in [1.165, 1.54) is 11.3 Å². The fourth-order valence-electron chi connectivity index (χ4n) is 5.01. The molecule has 2 saturated heterocycles. The van der Waals surface area contributed by atoms with E-state index in [0.717, 1.165) is 66.2 Å². The average Bonchev–Trinajstić information content (AvgIpc) is 3.26. The summed E-state index contributed by atoms with van der Waals surface area (Å²) in [4.78, 5) is 33.8. The van der Waals surface area contributed by atoms with Crippen molar-refractivity contribution in [3.8, 4) is 10.6 Å². The number of ether oxygens (including phenoxy) is 1. The molecule has 5 heterocycles. The molecule has 1 unspecified atom stereocenters. The highest BCUT2D eigenvalue weighted by Crippen LogP contribution is 2.34. The normalized spacial score (nSPS) is 21.2. The van der Waals surface area contributed by atoms with E-state index < -0.39 is 0 Å². The molecule has 1 atom stereocenters. The molecule has 37 heavy (non-hydrogen) atoms. The summed E-state index contributed by atoms with van der Waals surface area (Å²) in [7, 11) is 1.69. The van der Waals surface area contributed by atoms with Gasteiger partial charge in [0.2, 0.25) is 5.91 Å². The summed E-state index contributed by atoms with van der Waals surface area (Å²) < 4.78 is 7.19. The molecule has 3 aromatic heterocycles. The van der Waals surface area contributed by atoms with E-state index in [-0.39, 0.29) is 17.9 Å². The van der Waals surface area contributed by atoms with Crippen molar-refractivity contribution in [2.75, 3.05) is 25.6 Å². The highest BCUT2D eigenvalue weighted by Gasteiger charge is 2.29. The van der Waals surface area contributed by atoms with Crippen molar-refractivity contribution in [2.24, 2.45) is 0 Å². The van der Waals surface area contributed by atoms with Crippen molar-refractivity contribution in [3.63, 3.8) is 0 Å². The first-order chi connectivity index (χ1) is 18.0. The zero-order chi connectivity index (χ0) is 25.5. The maximum absolute atomic E-state index is 13.4. The third kappa shape index (κ3) is 4.78. The van der Waals surface area contributed by atoms with Gasteiger partial charge in [-0.05, 0) is 55.9 Å². The number of carbonyl (C=O) groups is 2. The number of hydrogen-bond donors (Lipinski definition) is 2. The molecule has 2 amide bonds. The number of nitrogens with zero attached hydrogens (tertiary/aromatic N) is 4. The number of allylic oxidation sites excluding steroid dienone is 1. The van der Waals surface area contributed by atoms with E-state index in [2.05, 4.69) is 22.3 Å². The smallest absolute Gasteiger partial charge is 0.264 e. The number of likely N-dealkylation sites (tertiary alicyclic amines) is 1. The number of rotatable bonds is 7. The number of fused-ring (bicyclic) bond motifs is 1. The Bertz CT molecular complexity index is 1420. The van der Waals surface area contributed by atoms with Gasteiger partial charge in [-0.15, -0.1) is 11.3 Å². The van der Waals surface area contributed by atoms with Crippen molar-refractivity contribution in [3.05, 3.63) is 52.7 Å². The summed E-state index contributed by atoms with van der Waals surface area (Å²) in [6, 6.07) is 6.43. The van der Waals surface area contributed by atoms with Gasteiger partial charge in [0.05, 0.1) is 40.7 Å². The van der Waals surface area contributed by atoms with Crippen LogP contribution in [0.3, 0.4) is 0 Å². The SMILES string of the molecule is C=C1NC(=O)C/C1=C\c1cnn2c(NC3CC3)cc(-c3ccc(C(=O)N4CCCCC4COC)s3)nc12. The maximum atomic E-state index is 13.4. The van der Waals surface area contributed by atoms with Crippen molar-refractivity contribution in [1.82, 2.24) is 24.8 Å². The van der Waals surface area contributed by atoms with Gasteiger partial charge in [-0.2, -0.15) is 9.61 Å². The summed E-state index contributed by atoms with van der Waals surface area (Å²) >= 11 is 1.47. The molecule has 0 radical (unpaired) electrons. The molecule has 3 aliphatic rings. The first-order valence-electron chi connectivity index (χ1n) is 12.8. The Morgan fingerprint density at radius 1 is 1.32 bits per heavy atom. The van der Waals surface area contributed by atoms with E-state index in [4.69, 9.17) is 9.72 Å². The molecule has 0 spiro atoms. The maximum Gasteiger partial charge on any atom is 0.264 e. The second kappa shape index (κ2) is 9.75. The van der Waals surface area contributed by atoms with Gasteiger partial charge in [-0.1, -0.05) is 6.58 Å². The minimum absolute atomic E-state index is 0.0575. The van der Waals surface area contributed by atoms with E-state index in [1.54, 1.807) is 13.3 Å². The van der Waals surface area contributed by atoms with Gasteiger partial charge in [-0.25, -0.2) is 4.98 Å². The summed E-state index contributed by atoms with van der Waals surface area (Å²) in [5, 5.41) is 10.9. The number of piperidine rings is 1. The molecule has 0 aromatic carbocycles. The molecular weight excluding hydrogens is 488 g/mol. The molecule has 9 nitrogen and oxygen atoms in total. The second-order valence-corrected chi connectivity index (χ2v) is 11.0. The van der Waals surface area contributed by atoms with Gasteiger partial charge in [0.1, 0.15) is 5.82 Å². The zero-order valence-electron chi connectivity index (χ0n) is 20.8. The Kier molecular flexibility index (Phi) is 6.29. The Labute approximate surface area is 219 Å². The third-order valence-electron chi connectivity index (χ3n) is 7.10. The molecule has 3 aromatic rings. The standard InChI is InChI=1S/C27H30N6O3S/c1-16-17(12-25(34)29-16)11-18-14-28-33-24(30-19-6-7-19)13-21(31-26(18)33)22-8-9-23(37-22)27(35)32-10-4-3-5-20(32)15-36-2/h8-9,11,13-14,19-20,30H,1,3-7,10,12,15H2,2H3,(H,29,34)/b17-11+. The molecule has 2 aliphatic heterocycles. The first-order valence-corrected chi connectivity index (χ1v) is 13.6. The molecule has 2 N–H and O–H groups in total. The highest BCUT2D eigenvalue weighted by atomic mass is 32.1. The Hall–Kier alpha value is -3.50. The van der Waals surface area contributed by atoms with Crippen molar-refractivity contribution < 1.29 is 14.3 Å². The molecule has 1 aliphatic carbocycles. The summed E-state index contributed by atoms with van der Waals surface area (Å²) in [6.45, 7) is 5.27. The monoisotopic (exact) mass is 518 g/mol. The Balaban J connectivity index is 1.35. The van der Waals surface area contributed by atoms with Crippen LogP contribution < -0.4 is 10.6 Å². The molecule has 0 bridgehead atoms. The lowest BCUT2D eigenvalue weighted by Gasteiger charge is -2.35. The van der Waals surface area contributed by atoms with Crippen LogP contribution in [0.2, 0.25) is 0 Å². The lowest BCUT2D eigenvalue weighted by molar-refractivity contribution is -0.118. The third-order valence-corrected chi connectivity index (χ3v) is 8.20. The molecule has 3 fully saturated rings. The predicted molar refractivity (Wildman–Crippen MR) is 143 cm³/mol. The van der Waals surface area contributed by atoms with Gasteiger partial charge in [0.15, 0.2) is 5.65 Å². The van der Waals surface area contributed by atoms with Crippen molar-refractivity contribution in [2.45, 2.75) is 50.6 Å². The topological polar surface area (TPSA) is 101 Å². The predicted octanol–water partition coefficient (Wildman–Crippen LogP) is 4.09. The molecular formula is C27H30N6O3S. The van der Waals surface area contributed by atoms with Gasteiger partial charge in [0.25, 0.3) is 5.91 Å². The van der Waals surface area contributed by atoms with E-state index in [9.17, 15) is 9.59 Å². The minimum atomic E-state index is -0.0605. The van der Waals surface area contributed by atoms with Crippen LogP contribution in [0.15, 0.2) is 42.2 Å². The summed E-state index contributed by atoms with van der Waals surface area (Å²) in [5.74, 6) is 0.862. The van der Waals surface area contributed by atoms with Crippen LogP contribution in [0.4, 0.5) is 5.82 Å². The van der Waals surface area contributed by atoms with Gasteiger partial charge in [0, 0.05) is 37.0 Å². The van der Waals surface area contributed by atoms with Gasteiger partial charge in [-0.3, -0.25) is 9.59 Å². The zero-order valence-corrected chi connectivity index (χ0v) is 21.6. The lowest BCUT2D eigenvalue weighted by Crippen LogP contribution is -2.45. The Morgan fingerprint density at radius 3 is 2.95 bits per heavy atom. The fraction of sp³-hybridized carbons (Fsp3) is 0.407. The second-order valence-electron chi connectivity index (χ2n) is 9.92. The number of anilines is 1. The molecule has 1 saturated carbocycles. The number of carbonyl (C=O) groups excluding carboxylic acids is 2. The number of amides is 2. The van der Waals surface area contributed by atoms with Gasteiger partial charge < -0.3 is 20.3 Å². The van der Waals surface area contributed by atoms with Crippen LogP contribution in [0, 0.1) is 0 Å². The number of aromatic nitrogens is 3. The number of methoxy groups -OCH3 is 1. The van der Waals surface area contributed by atoms with Gasteiger partial charge >= 0.3 is 0 Å². The minimum Gasteiger partial charge on any atom is -0.383 e. The van der Waals surface area contributed by atoms with Crippen LogP contribution >= 0.6 is 11.3 Å².